The summed E-state index contributed by atoms with van der Waals surface area (Å²) in [5, 5.41) is 3.39. The Bertz CT molecular complexity index is 1420. The Morgan fingerprint density at radius 3 is 2.22 bits per heavy atom. The van der Waals surface area contributed by atoms with E-state index in [0.717, 1.165) is 33.7 Å². The molecule has 0 bridgehead atoms. The van der Waals surface area contributed by atoms with Gasteiger partial charge in [-0.15, -0.1) is 0 Å². The molecule has 0 aromatic heterocycles. The Morgan fingerprint density at radius 2 is 1.53 bits per heavy atom. The molecule has 0 radical (unpaired) electrons. The van der Waals surface area contributed by atoms with Crippen molar-refractivity contribution in [3.05, 3.63) is 120 Å². The minimum absolute atomic E-state index is 0.196. The first kappa shape index (κ1) is 23.3. The minimum Gasteiger partial charge on any atom is -0.496 e. The van der Waals surface area contributed by atoms with Crippen molar-refractivity contribution < 1.29 is 14.3 Å². The molecule has 36 heavy (non-hydrogen) atoms. The van der Waals surface area contributed by atoms with Crippen LogP contribution in [0, 0.1) is 0 Å². The van der Waals surface area contributed by atoms with Gasteiger partial charge < -0.3 is 14.8 Å². The van der Waals surface area contributed by atoms with E-state index in [4.69, 9.17) is 21.7 Å². The summed E-state index contributed by atoms with van der Waals surface area (Å²) in [6, 6.07) is 33.3. The van der Waals surface area contributed by atoms with Gasteiger partial charge in [0, 0.05) is 5.56 Å². The second-order valence-corrected chi connectivity index (χ2v) is 8.60. The van der Waals surface area contributed by atoms with Gasteiger partial charge in [-0.25, -0.2) is 0 Å². The summed E-state index contributed by atoms with van der Waals surface area (Å²) in [4.78, 5) is 14.5. The van der Waals surface area contributed by atoms with E-state index in [9.17, 15) is 4.79 Å². The summed E-state index contributed by atoms with van der Waals surface area (Å²) < 4.78 is 11.6. The highest BCUT2D eigenvalue weighted by Gasteiger charge is 2.31. The van der Waals surface area contributed by atoms with Crippen LogP contribution in [0.2, 0.25) is 0 Å². The average molecular weight is 493 g/mol. The monoisotopic (exact) mass is 492 g/mol. The molecular weight excluding hydrogens is 468 g/mol. The van der Waals surface area contributed by atoms with Crippen LogP contribution >= 0.6 is 12.2 Å². The first-order valence-electron chi connectivity index (χ1n) is 11.5. The Morgan fingerprint density at radius 1 is 0.861 bits per heavy atom. The molecule has 5 rings (SSSR count). The van der Waals surface area contributed by atoms with E-state index in [1.807, 2.05) is 91.0 Å². The van der Waals surface area contributed by atoms with Gasteiger partial charge in [0.15, 0.2) is 5.11 Å². The zero-order valence-corrected chi connectivity index (χ0v) is 20.5. The third-order valence-corrected chi connectivity index (χ3v) is 6.15. The van der Waals surface area contributed by atoms with Crippen LogP contribution in [-0.2, 0) is 11.4 Å². The molecule has 0 atom stereocenters. The van der Waals surface area contributed by atoms with Crippen LogP contribution < -0.4 is 19.7 Å². The van der Waals surface area contributed by atoms with Crippen molar-refractivity contribution in [3.63, 3.8) is 0 Å². The summed E-state index contributed by atoms with van der Waals surface area (Å²) in [6.07, 6.45) is 1.79. The lowest BCUT2D eigenvalue weighted by atomic mass is 10.1. The van der Waals surface area contributed by atoms with E-state index < -0.39 is 0 Å². The SMILES string of the molecule is COc1ccc(/C=C2/NC(=S)N(c3ccccc3)C2=O)cc1COc1ccc(-c2ccccc2)cc1. The predicted octanol–water partition coefficient (Wildman–Crippen LogP) is 6.20. The molecule has 0 aliphatic carbocycles. The third-order valence-electron chi connectivity index (χ3n) is 5.86. The number of nitrogens with one attached hydrogen (secondary N) is 1. The number of amides is 1. The number of benzene rings is 4. The smallest absolute Gasteiger partial charge is 0.281 e. The first-order chi connectivity index (χ1) is 17.6. The molecule has 1 saturated heterocycles. The van der Waals surface area contributed by atoms with E-state index in [-0.39, 0.29) is 5.91 Å². The van der Waals surface area contributed by atoms with Crippen molar-refractivity contribution in [2.24, 2.45) is 0 Å². The highest BCUT2D eigenvalue weighted by atomic mass is 32.1. The highest BCUT2D eigenvalue weighted by molar-refractivity contribution is 7.80. The topological polar surface area (TPSA) is 50.8 Å². The van der Waals surface area contributed by atoms with E-state index in [1.165, 1.54) is 4.90 Å². The van der Waals surface area contributed by atoms with Crippen LogP contribution in [0.3, 0.4) is 0 Å². The summed E-state index contributed by atoms with van der Waals surface area (Å²) in [6.45, 7) is 0.320. The van der Waals surface area contributed by atoms with Crippen molar-refractivity contribution in [1.82, 2.24) is 5.32 Å². The number of thiocarbonyl (C=S) groups is 1. The Kier molecular flexibility index (Phi) is 6.78. The molecule has 1 amide bonds. The fraction of sp³-hybridized carbons (Fsp3) is 0.0667. The number of carbonyl (C=O) groups excluding carboxylic acids is 1. The molecular formula is C30H24N2O3S. The normalized spacial score (nSPS) is 14.1. The predicted molar refractivity (Wildman–Crippen MR) is 147 cm³/mol. The van der Waals surface area contributed by atoms with Crippen LogP contribution in [-0.4, -0.2) is 18.1 Å². The molecule has 1 heterocycles. The van der Waals surface area contributed by atoms with Gasteiger partial charge in [-0.2, -0.15) is 0 Å². The molecule has 1 N–H and O–H groups in total. The minimum atomic E-state index is -0.196. The Hall–Kier alpha value is -4.42. The molecule has 1 aliphatic heterocycles. The molecule has 4 aromatic carbocycles. The van der Waals surface area contributed by atoms with Crippen LogP contribution in [0.1, 0.15) is 11.1 Å². The van der Waals surface area contributed by atoms with Crippen LogP contribution in [0.15, 0.2) is 109 Å². The molecule has 6 heteroatoms. The van der Waals surface area contributed by atoms with Crippen molar-refractivity contribution in [1.29, 1.82) is 0 Å². The summed E-state index contributed by atoms with van der Waals surface area (Å²) in [5.41, 5.74) is 5.13. The molecule has 0 saturated carbocycles. The zero-order chi connectivity index (χ0) is 24.9. The number of methoxy groups -OCH3 is 1. The lowest BCUT2D eigenvalue weighted by molar-refractivity contribution is -0.113. The number of ether oxygens (including phenoxy) is 2. The van der Waals surface area contributed by atoms with E-state index in [2.05, 4.69) is 17.4 Å². The maximum absolute atomic E-state index is 13.0. The number of rotatable bonds is 7. The molecule has 0 spiro atoms. The van der Waals surface area contributed by atoms with Crippen LogP contribution in [0.4, 0.5) is 5.69 Å². The number of hydrogen-bond acceptors (Lipinski definition) is 4. The number of anilines is 1. The maximum atomic E-state index is 13.0. The number of hydrogen-bond donors (Lipinski definition) is 1. The van der Waals surface area contributed by atoms with Crippen molar-refractivity contribution in [2.45, 2.75) is 6.61 Å². The molecule has 178 valence electrons. The van der Waals surface area contributed by atoms with E-state index in [1.54, 1.807) is 13.2 Å². The van der Waals surface area contributed by atoms with Gasteiger partial charge in [-0.1, -0.05) is 66.7 Å². The molecule has 4 aromatic rings. The van der Waals surface area contributed by atoms with E-state index in [0.29, 0.717) is 23.2 Å². The summed E-state index contributed by atoms with van der Waals surface area (Å²) in [5.74, 6) is 1.28. The van der Waals surface area contributed by atoms with Crippen molar-refractivity contribution in [2.75, 3.05) is 12.0 Å². The van der Waals surface area contributed by atoms with Gasteiger partial charge in [0.1, 0.15) is 23.8 Å². The Labute approximate surface area is 215 Å². The molecule has 0 unspecified atom stereocenters. The van der Waals surface area contributed by atoms with Gasteiger partial charge in [0.25, 0.3) is 5.91 Å². The second kappa shape index (κ2) is 10.5. The first-order valence-corrected chi connectivity index (χ1v) is 11.9. The van der Waals surface area contributed by atoms with Crippen molar-refractivity contribution >= 4 is 35.0 Å². The van der Waals surface area contributed by atoms with Crippen LogP contribution in [0.25, 0.3) is 17.2 Å². The number of carbonyl (C=O) groups is 1. The summed E-state index contributed by atoms with van der Waals surface area (Å²) in [7, 11) is 1.63. The lowest BCUT2D eigenvalue weighted by Crippen LogP contribution is -2.30. The molecule has 1 aliphatic rings. The highest BCUT2D eigenvalue weighted by Crippen LogP contribution is 2.27. The largest absolute Gasteiger partial charge is 0.496 e. The summed E-state index contributed by atoms with van der Waals surface area (Å²) >= 11 is 5.41. The fourth-order valence-electron chi connectivity index (χ4n) is 4.05. The fourth-order valence-corrected chi connectivity index (χ4v) is 4.35. The zero-order valence-electron chi connectivity index (χ0n) is 19.7. The van der Waals surface area contributed by atoms with Gasteiger partial charge in [-0.3, -0.25) is 9.69 Å². The molecule has 5 nitrogen and oxygen atoms in total. The van der Waals surface area contributed by atoms with Gasteiger partial charge in [0.2, 0.25) is 0 Å². The van der Waals surface area contributed by atoms with E-state index >= 15 is 0 Å². The Balaban J connectivity index is 1.32. The quantitative estimate of drug-likeness (QED) is 0.246. The van der Waals surface area contributed by atoms with Crippen molar-refractivity contribution in [3.8, 4) is 22.6 Å². The molecule has 1 fully saturated rings. The third kappa shape index (κ3) is 4.99. The van der Waals surface area contributed by atoms with Gasteiger partial charge >= 0.3 is 0 Å². The van der Waals surface area contributed by atoms with Gasteiger partial charge in [-0.05, 0) is 71.4 Å². The lowest BCUT2D eigenvalue weighted by Gasteiger charge is -2.13. The second-order valence-electron chi connectivity index (χ2n) is 8.21. The average Bonchev–Trinajstić information content (AvgIpc) is 3.21. The number of nitrogens with zero attached hydrogens (tertiary/aromatic N) is 1. The van der Waals surface area contributed by atoms with Gasteiger partial charge in [0.05, 0.1) is 12.8 Å². The standard InChI is InChI=1S/C30H24N2O3S/c1-34-28-17-12-21(19-27-29(33)32(30(36)31-27)25-10-6-3-7-11-25)18-24(28)20-35-26-15-13-23(14-16-26)22-8-4-2-5-9-22/h2-19H,20H2,1H3,(H,31,36)/b27-19+. The number of para-hydroxylation sites is 1. The maximum Gasteiger partial charge on any atom is 0.281 e. The van der Waals surface area contributed by atoms with Crippen LogP contribution in [0.5, 0.6) is 11.5 Å².